The molecule has 2 N–H and O–H groups in total. The Morgan fingerprint density at radius 2 is 1.89 bits per heavy atom. The molecule has 1 fully saturated rings. The van der Waals surface area contributed by atoms with Gasteiger partial charge >= 0.3 is 0 Å². The Kier molecular flexibility index (Phi) is 5.44. The second-order valence-electron chi connectivity index (χ2n) is 7.58. The minimum atomic E-state index is -0.0383. The number of aromatic amines is 1. The fourth-order valence-corrected chi connectivity index (χ4v) is 4.29. The molecule has 4 rings (SSSR count). The summed E-state index contributed by atoms with van der Waals surface area (Å²) in [7, 11) is 0. The topological polar surface area (TPSA) is 48.1 Å². The van der Waals surface area contributed by atoms with Gasteiger partial charge in [-0.1, -0.05) is 43.2 Å². The number of H-pyrrole nitrogens is 1. The first-order valence-electron chi connectivity index (χ1n) is 9.85. The van der Waals surface area contributed by atoms with Gasteiger partial charge in [0.05, 0.1) is 6.54 Å². The number of benzene rings is 2. The first kappa shape index (κ1) is 18.7. The maximum Gasteiger partial charge on any atom is 0.253 e. The van der Waals surface area contributed by atoms with Crippen LogP contribution in [0.25, 0.3) is 10.9 Å². The van der Waals surface area contributed by atoms with Gasteiger partial charge in [-0.15, -0.1) is 0 Å². The summed E-state index contributed by atoms with van der Waals surface area (Å²) in [6.45, 7) is 2.55. The lowest BCUT2D eigenvalue weighted by Gasteiger charge is -2.31. The van der Waals surface area contributed by atoms with Gasteiger partial charge in [0.25, 0.3) is 5.56 Å². The van der Waals surface area contributed by atoms with Crippen LogP contribution < -0.4 is 10.9 Å². The number of nitrogens with zero attached hydrogens (tertiary/aromatic N) is 1. The highest BCUT2D eigenvalue weighted by Gasteiger charge is 2.25. The molecule has 1 heterocycles. The van der Waals surface area contributed by atoms with Crippen LogP contribution >= 0.6 is 12.2 Å². The molecule has 0 unspecified atom stereocenters. The second kappa shape index (κ2) is 8.15. The van der Waals surface area contributed by atoms with Gasteiger partial charge in [-0.25, -0.2) is 0 Å². The van der Waals surface area contributed by atoms with E-state index in [-0.39, 0.29) is 5.56 Å². The van der Waals surface area contributed by atoms with E-state index in [1.165, 1.54) is 12.8 Å². The molecule has 5 heteroatoms. The van der Waals surface area contributed by atoms with Crippen molar-refractivity contribution in [2.24, 2.45) is 0 Å². The molecule has 4 nitrogen and oxygen atoms in total. The average Bonchev–Trinajstić information content (AvgIpc) is 3.21. The first-order valence-corrected chi connectivity index (χ1v) is 10.3. The number of rotatable bonds is 4. The van der Waals surface area contributed by atoms with Crippen molar-refractivity contribution in [3.05, 3.63) is 76.1 Å². The van der Waals surface area contributed by atoms with Crippen molar-refractivity contribution >= 4 is 33.9 Å². The Morgan fingerprint density at radius 3 is 2.64 bits per heavy atom. The normalized spacial score (nSPS) is 14.3. The van der Waals surface area contributed by atoms with Crippen LogP contribution in [0.1, 0.15) is 36.8 Å². The fourth-order valence-electron chi connectivity index (χ4n) is 3.96. The number of pyridine rings is 1. The molecule has 28 heavy (non-hydrogen) atoms. The predicted molar refractivity (Wildman–Crippen MR) is 120 cm³/mol. The molecular weight excluding hydrogens is 366 g/mol. The molecule has 0 atom stereocenters. The van der Waals surface area contributed by atoms with E-state index in [1.807, 2.05) is 49.4 Å². The lowest BCUT2D eigenvalue weighted by atomic mass is 10.1. The maximum absolute atomic E-state index is 12.7. The number of aromatic nitrogens is 1. The first-order chi connectivity index (χ1) is 13.6. The SMILES string of the molecule is Cc1ccc2cc(CN(C(=S)Nc3ccccc3)C3CCCC3)c(=O)[nH]c2c1. The molecular formula is C23H25N3OS. The summed E-state index contributed by atoms with van der Waals surface area (Å²) < 4.78 is 0. The smallest absolute Gasteiger partial charge is 0.253 e. The predicted octanol–water partition coefficient (Wildman–Crippen LogP) is 4.98. The molecule has 2 aromatic carbocycles. The van der Waals surface area contributed by atoms with Crippen molar-refractivity contribution in [2.45, 2.75) is 45.2 Å². The Hall–Kier alpha value is -2.66. The molecule has 1 aliphatic carbocycles. The van der Waals surface area contributed by atoms with Gasteiger partial charge in [0.2, 0.25) is 0 Å². The molecule has 0 saturated heterocycles. The summed E-state index contributed by atoms with van der Waals surface area (Å²) in [6.07, 6.45) is 4.65. The van der Waals surface area contributed by atoms with E-state index in [9.17, 15) is 4.79 Å². The van der Waals surface area contributed by atoms with Crippen molar-refractivity contribution in [2.75, 3.05) is 5.32 Å². The lowest BCUT2D eigenvalue weighted by molar-refractivity contribution is 0.311. The number of anilines is 1. The molecule has 0 spiro atoms. The lowest BCUT2D eigenvalue weighted by Crippen LogP contribution is -2.42. The highest BCUT2D eigenvalue weighted by atomic mass is 32.1. The summed E-state index contributed by atoms with van der Waals surface area (Å²) in [5.74, 6) is 0. The molecule has 0 amide bonds. The monoisotopic (exact) mass is 391 g/mol. The van der Waals surface area contributed by atoms with E-state index in [2.05, 4.69) is 27.3 Å². The Morgan fingerprint density at radius 1 is 1.14 bits per heavy atom. The van der Waals surface area contributed by atoms with Gasteiger partial charge in [0.1, 0.15) is 0 Å². The summed E-state index contributed by atoms with van der Waals surface area (Å²) in [6, 6.07) is 18.5. The molecule has 3 aromatic rings. The molecule has 1 aliphatic rings. The third kappa shape index (κ3) is 4.09. The number of para-hydroxylation sites is 1. The Balaban J connectivity index is 1.63. The number of nitrogens with one attached hydrogen (secondary N) is 2. The van der Waals surface area contributed by atoms with Crippen LogP contribution in [0.4, 0.5) is 5.69 Å². The van der Waals surface area contributed by atoms with Crippen LogP contribution in [0.3, 0.4) is 0 Å². The summed E-state index contributed by atoms with van der Waals surface area (Å²) in [5, 5.41) is 5.08. The van der Waals surface area contributed by atoms with Crippen LogP contribution in [0, 0.1) is 6.92 Å². The maximum atomic E-state index is 12.7. The largest absolute Gasteiger partial charge is 0.342 e. The third-order valence-electron chi connectivity index (χ3n) is 5.47. The number of thiocarbonyl (C=S) groups is 1. The van der Waals surface area contributed by atoms with Gasteiger partial charge in [-0.05, 0) is 67.2 Å². The van der Waals surface area contributed by atoms with E-state index in [0.29, 0.717) is 17.7 Å². The van der Waals surface area contributed by atoms with Crippen molar-refractivity contribution < 1.29 is 0 Å². The summed E-state index contributed by atoms with van der Waals surface area (Å²) in [4.78, 5) is 18.0. The average molecular weight is 392 g/mol. The fraction of sp³-hybridized carbons (Fsp3) is 0.304. The number of aryl methyl sites for hydroxylation is 1. The third-order valence-corrected chi connectivity index (χ3v) is 5.81. The molecule has 1 aromatic heterocycles. The quantitative estimate of drug-likeness (QED) is 0.616. The minimum Gasteiger partial charge on any atom is -0.342 e. The standard InChI is InChI=1S/C23H25N3OS/c1-16-11-12-17-14-18(22(27)25-21(17)13-16)15-26(20-9-5-6-10-20)23(28)24-19-7-3-2-4-8-19/h2-4,7-8,11-14,20H,5-6,9-10,15H2,1H3,(H,24,28)(H,25,27). The van der Waals surface area contributed by atoms with Crippen LogP contribution in [-0.4, -0.2) is 21.0 Å². The van der Waals surface area contributed by atoms with E-state index < -0.39 is 0 Å². The zero-order valence-corrected chi connectivity index (χ0v) is 16.9. The van der Waals surface area contributed by atoms with E-state index in [1.54, 1.807) is 0 Å². The summed E-state index contributed by atoms with van der Waals surface area (Å²) >= 11 is 5.75. The van der Waals surface area contributed by atoms with Crippen LogP contribution in [0.15, 0.2) is 59.4 Å². The number of fused-ring (bicyclic) bond motifs is 1. The molecule has 0 aliphatic heterocycles. The van der Waals surface area contributed by atoms with Gasteiger partial charge in [0.15, 0.2) is 5.11 Å². The van der Waals surface area contributed by atoms with Gasteiger partial charge in [-0.2, -0.15) is 0 Å². The van der Waals surface area contributed by atoms with Gasteiger partial charge < -0.3 is 15.2 Å². The van der Waals surface area contributed by atoms with Crippen LogP contribution in [-0.2, 0) is 6.54 Å². The van der Waals surface area contributed by atoms with Crippen LogP contribution in [0.5, 0.6) is 0 Å². The Bertz CT molecular complexity index is 1040. The second-order valence-corrected chi connectivity index (χ2v) is 7.96. The van der Waals surface area contributed by atoms with E-state index in [4.69, 9.17) is 12.2 Å². The molecule has 0 radical (unpaired) electrons. The zero-order chi connectivity index (χ0) is 19.5. The zero-order valence-electron chi connectivity index (χ0n) is 16.1. The van der Waals surface area contributed by atoms with Gasteiger partial charge in [0, 0.05) is 22.8 Å². The highest BCUT2D eigenvalue weighted by Crippen LogP contribution is 2.26. The number of hydrogen-bond acceptors (Lipinski definition) is 2. The molecule has 144 valence electrons. The van der Waals surface area contributed by atoms with Crippen molar-refractivity contribution in [1.29, 1.82) is 0 Å². The highest BCUT2D eigenvalue weighted by molar-refractivity contribution is 7.80. The van der Waals surface area contributed by atoms with Gasteiger partial charge in [-0.3, -0.25) is 4.79 Å². The van der Waals surface area contributed by atoms with Crippen molar-refractivity contribution in [1.82, 2.24) is 9.88 Å². The number of hydrogen-bond donors (Lipinski definition) is 2. The van der Waals surface area contributed by atoms with E-state index in [0.717, 1.165) is 40.6 Å². The van der Waals surface area contributed by atoms with Crippen molar-refractivity contribution in [3.8, 4) is 0 Å². The van der Waals surface area contributed by atoms with E-state index >= 15 is 0 Å². The summed E-state index contributed by atoms with van der Waals surface area (Å²) in [5.41, 5.74) is 3.70. The molecule has 1 saturated carbocycles. The molecule has 0 bridgehead atoms. The van der Waals surface area contributed by atoms with Crippen molar-refractivity contribution in [3.63, 3.8) is 0 Å². The van der Waals surface area contributed by atoms with Crippen LogP contribution in [0.2, 0.25) is 0 Å². The Labute approximate surface area is 170 Å². The minimum absolute atomic E-state index is 0.0383.